The minimum absolute atomic E-state index is 0.110. The molecule has 0 spiro atoms. The van der Waals surface area contributed by atoms with Crippen molar-refractivity contribution >= 4 is 34.8 Å². The van der Waals surface area contributed by atoms with Crippen LogP contribution in [0.3, 0.4) is 0 Å². The van der Waals surface area contributed by atoms with Gasteiger partial charge in [0.2, 0.25) is 0 Å². The van der Waals surface area contributed by atoms with Gasteiger partial charge in [-0.25, -0.2) is 38.7 Å². The summed E-state index contributed by atoms with van der Waals surface area (Å²) >= 11 is 0. The van der Waals surface area contributed by atoms with Crippen LogP contribution in [0.15, 0.2) is 36.5 Å². The summed E-state index contributed by atoms with van der Waals surface area (Å²) in [7, 11) is 0. The highest BCUT2D eigenvalue weighted by Crippen LogP contribution is 2.25. The first kappa shape index (κ1) is 25.9. The van der Waals surface area contributed by atoms with E-state index < -0.39 is 29.9 Å². The van der Waals surface area contributed by atoms with Crippen LogP contribution >= 0.6 is 0 Å². The van der Waals surface area contributed by atoms with Gasteiger partial charge in [-0.05, 0) is 30.4 Å². The van der Waals surface area contributed by atoms with Gasteiger partial charge in [0.05, 0.1) is 6.42 Å². The van der Waals surface area contributed by atoms with Crippen molar-refractivity contribution in [3.05, 3.63) is 36.5 Å². The Morgan fingerprint density at radius 3 is 2.09 bits per heavy atom. The normalized spacial score (nSPS) is 11.6. The fraction of sp³-hybridized carbons (Fsp3) is 0.500. The molecule has 9 nitrogen and oxygen atoms in total. The summed E-state index contributed by atoms with van der Waals surface area (Å²) in [6.45, 7) is 3.22. The van der Waals surface area contributed by atoms with Crippen molar-refractivity contribution in [2.75, 3.05) is 0 Å². The SMILES string of the molecule is CCC(=O)OOC(=O)CCCCCCCC(C(=O)OOC(=O)CC)n1ccc2ccccc21. The van der Waals surface area contributed by atoms with Gasteiger partial charge < -0.3 is 4.57 Å². The summed E-state index contributed by atoms with van der Waals surface area (Å²) in [5.41, 5.74) is 0.892. The molecule has 1 atom stereocenters. The maximum atomic E-state index is 12.7. The predicted molar refractivity (Wildman–Crippen MR) is 118 cm³/mol. The standard InChI is InChI=1S/C24H31NO8/c1-3-21(26)30-32-23(28)15-9-7-5-6-8-14-20(24(29)33-31-22(27)4-2)25-17-16-18-12-10-11-13-19(18)25/h10-13,16-17,20H,3-9,14-15H2,1-2H3. The Kier molecular flexibility index (Phi) is 10.9. The van der Waals surface area contributed by atoms with Gasteiger partial charge in [0, 0.05) is 24.6 Å². The summed E-state index contributed by atoms with van der Waals surface area (Å²) in [6, 6.07) is 8.99. The van der Waals surface area contributed by atoms with Crippen molar-refractivity contribution in [2.45, 2.75) is 77.7 Å². The van der Waals surface area contributed by atoms with Gasteiger partial charge in [-0.1, -0.05) is 57.7 Å². The number of carbonyl (C=O) groups excluding carboxylic acids is 4. The molecular formula is C24H31NO8. The molecule has 33 heavy (non-hydrogen) atoms. The van der Waals surface area contributed by atoms with Crippen LogP contribution in [0.1, 0.15) is 77.7 Å². The molecule has 2 aromatic rings. The van der Waals surface area contributed by atoms with Gasteiger partial charge in [-0.2, -0.15) is 0 Å². The number of unbranched alkanes of at least 4 members (excludes halogenated alkanes) is 4. The largest absolute Gasteiger partial charge is 0.378 e. The number of fused-ring (bicyclic) bond motifs is 1. The van der Waals surface area contributed by atoms with E-state index in [-0.39, 0.29) is 19.3 Å². The van der Waals surface area contributed by atoms with E-state index in [1.807, 2.05) is 41.1 Å². The van der Waals surface area contributed by atoms with Crippen molar-refractivity contribution in [1.29, 1.82) is 0 Å². The Bertz CT molecular complexity index is 935. The van der Waals surface area contributed by atoms with Crippen molar-refractivity contribution in [3.63, 3.8) is 0 Å². The van der Waals surface area contributed by atoms with Crippen LogP contribution in [0.25, 0.3) is 10.9 Å². The molecule has 0 saturated heterocycles. The zero-order valence-electron chi connectivity index (χ0n) is 19.1. The number of rotatable bonds is 12. The second kappa shape index (κ2) is 13.9. The molecule has 1 aromatic heterocycles. The number of aromatic nitrogens is 1. The molecule has 0 saturated carbocycles. The summed E-state index contributed by atoms with van der Waals surface area (Å²) in [6.07, 6.45) is 6.62. The molecule has 1 aromatic carbocycles. The molecule has 0 aliphatic heterocycles. The zero-order valence-corrected chi connectivity index (χ0v) is 19.1. The quantitative estimate of drug-likeness (QED) is 0.253. The number of benzene rings is 1. The number of para-hydroxylation sites is 1. The molecule has 1 heterocycles. The number of hydrogen-bond acceptors (Lipinski definition) is 8. The van der Waals surface area contributed by atoms with Gasteiger partial charge >= 0.3 is 23.9 Å². The van der Waals surface area contributed by atoms with Crippen LogP contribution < -0.4 is 0 Å². The molecule has 0 N–H and O–H groups in total. The van der Waals surface area contributed by atoms with Crippen molar-refractivity contribution in [1.82, 2.24) is 4.57 Å². The van der Waals surface area contributed by atoms with Gasteiger partial charge in [0.15, 0.2) is 0 Å². The van der Waals surface area contributed by atoms with E-state index >= 15 is 0 Å². The van der Waals surface area contributed by atoms with Crippen LogP contribution in [-0.4, -0.2) is 28.4 Å². The third-order valence-electron chi connectivity index (χ3n) is 5.12. The van der Waals surface area contributed by atoms with Gasteiger partial charge in [0.1, 0.15) is 6.04 Å². The molecule has 9 heteroatoms. The highest BCUT2D eigenvalue weighted by molar-refractivity contribution is 5.83. The molecule has 0 aliphatic rings. The second-order valence-corrected chi connectivity index (χ2v) is 7.58. The molecule has 0 radical (unpaired) electrons. The Morgan fingerprint density at radius 1 is 0.758 bits per heavy atom. The minimum Gasteiger partial charge on any atom is -0.333 e. The van der Waals surface area contributed by atoms with E-state index in [0.29, 0.717) is 12.8 Å². The first-order valence-corrected chi connectivity index (χ1v) is 11.3. The molecule has 180 valence electrons. The van der Waals surface area contributed by atoms with E-state index in [1.165, 1.54) is 0 Å². The highest BCUT2D eigenvalue weighted by Gasteiger charge is 2.25. The molecule has 0 fully saturated rings. The van der Waals surface area contributed by atoms with Crippen molar-refractivity contribution < 1.29 is 38.7 Å². The second-order valence-electron chi connectivity index (χ2n) is 7.58. The number of hydrogen-bond donors (Lipinski definition) is 0. The molecule has 0 amide bonds. The first-order chi connectivity index (χ1) is 16.0. The fourth-order valence-corrected chi connectivity index (χ4v) is 3.28. The van der Waals surface area contributed by atoms with Crippen LogP contribution in [0.2, 0.25) is 0 Å². The summed E-state index contributed by atoms with van der Waals surface area (Å²) < 4.78 is 1.84. The zero-order chi connectivity index (χ0) is 24.1. The van der Waals surface area contributed by atoms with E-state index in [2.05, 4.69) is 14.7 Å². The highest BCUT2D eigenvalue weighted by atomic mass is 17.2. The van der Waals surface area contributed by atoms with E-state index in [4.69, 9.17) is 4.89 Å². The lowest BCUT2D eigenvalue weighted by Gasteiger charge is -2.17. The maximum absolute atomic E-state index is 12.7. The van der Waals surface area contributed by atoms with Gasteiger partial charge in [-0.15, -0.1) is 0 Å². The van der Waals surface area contributed by atoms with Crippen molar-refractivity contribution in [2.24, 2.45) is 0 Å². The monoisotopic (exact) mass is 461 g/mol. The maximum Gasteiger partial charge on any atom is 0.378 e. The Balaban J connectivity index is 1.81. The van der Waals surface area contributed by atoms with Gasteiger partial charge in [0.25, 0.3) is 0 Å². The average Bonchev–Trinajstić information content (AvgIpc) is 3.26. The van der Waals surface area contributed by atoms with E-state index in [1.54, 1.807) is 13.8 Å². The summed E-state index contributed by atoms with van der Waals surface area (Å²) in [5.74, 6) is -2.39. The molecule has 0 aliphatic carbocycles. The first-order valence-electron chi connectivity index (χ1n) is 11.3. The predicted octanol–water partition coefficient (Wildman–Crippen LogP) is 4.74. The molecule has 1 unspecified atom stereocenters. The third-order valence-corrected chi connectivity index (χ3v) is 5.12. The molecule has 2 rings (SSSR count). The Hall–Kier alpha value is -3.36. The van der Waals surface area contributed by atoms with Crippen molar-refractivity contribution in [3.8, 4) is 0 Å². The van der Waals surface area contributed by atoms with E-state index in [0.717, 1.165) is 36.6 Å². The molecular weight excluding hydrogens is 430 g/mol. The van der Waals surface area contributed by atoms with E-state index in [9.17, 15) is 19.2 Å². The third kappa shape index (κ3) is 8.59. The summed E-state index contributed by atoms with van der Waals surface area (Å²) in [5, 5.41) is 0.998. The minimum atomic E-state index is -0.627. The lowest BCUT2D eigenvalue weighted by Crippen LogP contribution is -2.23. The molecule has 0 bridgehead atoms. The lowest BCUT2D eigenvalue weighted by molar-refractivity contribution is -0.261. The van der Waals surface area contributed by atoms with Crippen LogP contribution in [-0.2, 0) is 38.7 Å². The smallest absolute Gasteiger partial charge is 0.333 e. The Morgan fingerprint density at radius 2 is 1.36 bits per heavy atom. The van der Waals surface area contributed by atoms with Gasteiger partial charge in [-0.3, -0.25) is 0 Å². The Labute approximate surface area is 192 Å². The number of carbonyl (C=O) groups is 4. The van der Waals surface area contributed by atoms with Crippen LogP contribution in [0.4, 0.5) is 0 Å². The topological polar surface area (TPSA) is 110 Å². The fourth-order valence-electron chi connectivity index (χ4n) is 3.28. The van der Waals surface area contributed by atoms with Crippen LogP contribution in [0.5, 0.6) is 0 Å². The summed E-state index contributed by atoms with van der Waals surface area (Å²) in [4.78, 5) is 64.7. The van der Waals surface area contributed by atoms with Crippen LogP contribution in [0, 0.1) is 0 Å². The average molecular weight is 462 g/mol. The number of nitrogens with zero attached hydrogens (tertiary/aromatic N) is 1. The lowest BCUT2D eigenvalue weighted by atomic mass is 10.1.